The molecule has 2 unspecified atom stereocenters. The number of fused-ring (bicyclic) bond motifs is 3. The van der Waals surface area contributed by atoms with E-state index >= 15 is 0 Å². The molecule has 2 atom stereocenters. The Balaban J connectivity index is 1.58. The summed E-state index contributed by atoms with van der Waals surface area (Å²) < 4.78 is 2.01. The minimum Gasteiger partial charge on any atom is -0.382 e. The maximum atomic E-state index is 12.9. The number of aromatic nitrogens is 5. The number of piperidine rings is 1. The monoisotopic (exact) mass is 364 g/mol. The van der Waals surface area contributed by atoms with Crippen LogP contribution in [0.5, 0.6) is 0 Å². The van der Waals surface area contributed by atoms with Crippen LogP contribution in [-0.2, 0) is 4.79 Å². The topological polar surface area (TPSA) is 130 Å². The summed E-state index contributed by atoms with van der Waals surface area (Å²) in [6, 6.07) is 4.13. The molecule has 27 heavy (non-hydrogen) atoms. The van der Waals surface area contributed by atoms with Crippen molar-refractivity contribution >= 4 is 33.8 Å². The maximum Gasteiger partial charge on any atom is 0.243 e. The highest BCUT2D eigenvalue weighted by molar-refractivity contribution is 6.04. The normalized spacial score (nSPS) is 24.2. The van der Waals surface area contributed by atoms with Crippen LogP contribution in [0.3, 0.4) is 0 Å². The number of carbonyl (C=O) groups excluding carboxylic acids is 1. The molecule has 0 aromatic carbocycles. The number of rotatable bonds is 2. The second-order valence-electron chi connectivity index (χ2n) is 7.75. The van der Waals surface area contributed by atoms with Crippen molar-refractivity contribution in [3.63, 3.8) is 0 Å². The number of H-pyrrole nitrogens is 1. The van der Waals surface area contributed by atoms with Gasteiger partial charge in [-0.2, -0.15) is 5.26 Å². The number of nitrogens with one attached hydrogen (secondary N) is 1. The zero-order valence-corrected chi connectivity index (χ0v) is 15.0. The van der Waals surface area contributed by atoms with Gasteiger partial charge in [-0.05, 0) is 31.2 Å². The Morgan fingerprint density at radius 2 is 2.26 bits per heavy atom. The van der Waals surface area contributed by atoms with Gasteiger partial charge in [-0.3, -0.25) is 14.6 Å². The molecule has 3 aromatic heterocycles. The number of nitriles is 1. The highest BCUT2D eigenvalue weighted by atomic mass is 16.2. The molecule has 5 rings (SSSR count). The highest BCUT2D eigenvalue weighted by Crippen LogP contribution is 2.47. The standard InChI is InChI=1S/C18H20N8O/c1-10-3-7-25(17(27)18(9-19)4-5-18)8-12(10)26-14-11-2-6-21-16(11)23-22-13(14)15(20)24-26/h2,6,10,12,24H,3-5,7-8,20H2,1H3. The van der Waals surface area contributed by atoms with Crippen LogP contribution >= 0.6 is 0 Å². The first-order valence-corrected chi connectivity index (χ1v) is 9.21. The van der Waals surface area contributed by atoms with Crippen LogP contribution in [0.15, 0.2) is 12.3 Å². The Morgan fingerprint density at radius 3 is 3.00 bits per heavy atom. The Labute approximate surface area is 155 Å². The molecular weight excluding hydrogens is 344 g/mol. The summed E-state index contributed by atoms with van der Waals surface area (Å²) in [4.78, 5) is 18.9. The van der Waals surface area contributed by atoms with Crippen molar-refractivity contribution in [3.8, 4) is 6.07 Å². The fraction of sp³-hybridized carbons (Fsp3) is 0.500. The summed E-state index contributed by atoms with van der Waals surface area (Å²) in [7, 11) is 0. The van der Waals surface area contributed by atoms with Crippen LogP contribution in [-0.4, -0.2) is 48.9 Å². The molecule has 3 aromatic rings. The number of hydrogen-bond donors (Lipinski definition) is 2. The quantitative estimate of drug-likeness (QED) is 0.710. The molecule has 1 saturated carbocycles. The summed E-state index contributed by atoms with van der Waals surface area (Å²) >= 11 is 0. The fourth-order valence-electron chi connectivity index (χ4n) is 4.15. The van der Waals surface area contributed by atoms with Gasteiger partial charge in [-0.1, -0.05) is 6.92 Å². The van der Waals surface area contributed by atoms with Gasteiger partial charge in [0.2, 0.25) is 5.91 Å². The average molecular weight is 364 g/mol. The second kappa shape index (κ2) is 5.42. The van der Waals surface area contributed by atoms with E-state index in [1.807, 2.05) is 15.6 Å². The third-order valence-electron chi connectivity index (χ3n) is 6.05. The van der Waals surface area contributed by atoms with Gasteiger partial charge >= 0.3 is 0 Å². The summed E-state index contributed by atoms with van der Waals surface area (Å²) in [6.07, 6.45) is 3.91. The molecule has 1 aliphatic carbocycles. The smallest absolute Gasteiger partial charge is 0.243 e. The fourth-order valence-corrected chi connectivity index (χ4v) is 4.15. The zero-order valence-electron chi connectivity index (χ0n) is 15.0. The van der Waals surface area contributed by atoms with Crippen molar-refractivity contribution in [1.82, 2.24) is 29.9 Å². The molecule has 2 aliphatic rings. The van der Waals surface area contributed by atoms with Crippen LogP contribution < -0.4 is 5.73 Å². The maximum absolute atomic E-state index is 12.9. The molecule has 1 saturated heterocycles. The molecule has 3 N–H and O–H groups in total. The van der Waals surface area contributed by atoms with Gasteiger partial charge in [-0.15, -0.1) is 10.2 Å². The Bertz CT molecular complexity index is 1100. The molecule has 2 fully saturated rings. The first-order valence-electron chi connectivity index (χ1n) is 9.21. The Hall–Kier alpha value is -3.15. The number of hydrogen-bond acceptors (Lipinski definition) is 6. The molecule has 0 spiro atoms. The number of nitrogen functional groups attached to an aromatic ring is 1. The lowest BCUT2D eigenvalue weighted by Crippen LogP contribution is -2.46. The first kappa shape index (κ1) is 16.1. The number of amides is 1. The van der Waals surface area contributed by atoms with Crippen molar-refractivity contribution in [2.75, 3.05) is 18.8 Å². The highest BCUT2D eigenvalue weighted by Gasteiger charge is 2.53. The van der Waals surface area contributed by atoms with E-state index < -0.39 is 5.41 Å². The van der Waals surface area contributed by atoms with Crippen molar-refractivity contribution in [1.29, 1.82) is 5.26 Å². The Kier molecular flexibility index (Phi) is 3.22. The Morgan fingerprint density at radius 1 is 1.44 bits per heavy atom. The largest absolute Gasteiger partial charge is 0.382 e. The predicted molar refractivity (Wildman–Crippen MR) is 98.3 cm³/mol. The molecular formula is C18H20N8O. The van der Waals surface area contributed by atoms with Gasteiger partial charge in [0.05, 0.1) is 17.5 Å². The van der Waals surface area contributed by atoms with E-state index in [9.17, 15) is 10.1 Å². The third kappa shape index (κ3) is 2.22. The van der Waals surface area contributed by atoms with Gasteiger partial charge in [0.25, 0.3) is 0 Å². The van der Waals surface area contributed by atoms with E-state index in [-0.39, 0.29) is 11.9 Å². The first-order chi connectivity index (χ1) is 13.0. The van der Waals surface area contributed by atoms with E-state index in [0.29, 0.717) is 48.8 Å². The van der Waals surface area contributed by atoms with Gasteiger partial charge in [0.15, 0.2) is 11.2 Å². The molecule has 0 radical (unpaired) electrons. The molecule has 0 bridgehead atoms. The van der Waals surface area contributed by atoms with E-state index in [1.165, 1.54) is 0 Å². The number of anilines is 1. The van der Waals surface area contributed by atoms with Crippen LogP contribution in [0.2, 0.25) is 0 Å². The molecule has 138 valence electrons. The lowest BCUT2D eigenvalue weighted by Gasteiger charge is -2.38. The number of nitrogens with two attached hydrogens (primary N) is 1. The minimum atomic E-state index is -0.791. The molecule has 9 heteroatoms. The molecule has 4 heterocycles. The lowest BCUT2D eigenvalue weighted by molar-refractivity contribution is -0.137. The molecule has 1 amide bonds. The molecule has 1 aliphatic heterocycles. The van der Waals surface area contributed by atoms with Gasteiger partial charge in [0.1, 0.15) is 16.7 Å². The summed E-state index contributed by atoms with van der Waals surface area (Å²) in [5.74, 6) is 0.752. The number of aromatic amines is 1. The van der Waals surface area contributed by atoms with Crippen molar-refractivity contribution in [2.45, 2.75) is 32.2 Å². The number of likely N-dealkylation sites (tertiary alicyclic amines) is 1. The lowest BCUT2D eigenvalue weighted by atomic mass is 9.92. The van der Waals surface area contributed by atoms with Crippen molar-refractivity contribution < 1.29 is 4.79 Å². The van der Waals surface area contributed by atoms with Crippen LogP contribution in [0, 0.1) is 22.7 Å². The summed E-state index contributed by atoms with van der Waals surface area (Å²) in [6.45, 7) is 3.40. The van der Waals surface area contributed by atoms with Crippen molar-refractivity contribution in [3.05, 3.63) is 12.3 Å². The number of carbonyl (C=O) groups is 1. The van der Waals surface area contributed by atoms with E-state index in [4.69, 9.17) is 5.73 Å². The molecule has 9 nitrogen and oxygen atoms in total. The van der Waals surface area contributed by atoms with Crippen LogP contribution in [0.1, 0.15) is 32.2 Å². The SMILES string of the molecule is CC1CCN(C(=O)C2(C#N)CC2)CC1n1[nH]c(N)c2nnc3nccc3c21. The summed E-state index contributed by atoms with van der Waals surface area (Å²) in [5, 5.41) is 21.8. The van der Waals surface area contributed by atoms with Gasteiger partial charge in [0, 0.05) is 19.3 Å². The minimum absolute atomic E-state index is 0.0132. The van der Waals surface area contributed by atoms with Crippen LogP contribution in [0.4, 0.5) is 5.82 Å². The second-order valence-corrected chi connectivity index (χ2v) is 7.75. The zero-order chi connectivity index (χ0) is 18.8. The summed E-state index contributed by atoms with van der Waals surface area (Å²) in [5.41, 5.74) is 7.42. The van der Waals surface area contributed by atoms with Crippen LogP contribution in [0.25, 0.3) is 22.1 Å². The van der Waals surface area contributed by atoms with Gasteiger partial charge in [-0.25, -0.2) is 4.98 Å². The van der Waals surface area contributed by atoms with Gasteiger partial charge < -0.3 is 10.6 Å². The van der Waals surface area contributed by atoms with Crippen molar-refractivity contribution in [2.24, 2.45) is 11.3 Å². The van der Waals surface area contributed by atoms with E-state index in [1.54, 1.807) is 6.20 Å². The van der Waals surface area contributed by atoms with E-state index in [2.05, 4.69) is 33.3 Å². The third-order valence-corrected chi connectivity index (χ3v) is 6.05. The number of nitrogens with zero attached hydrogens (tertiary/aromatic N) is 6. The average Bonchev–Trinajstić information content (AvgIpc) is 3.20. The predicted octanol–water partition coefficient (Wildman–Crippen LogP) is 1.60. The van der Waals surface area contributed by atoms with E-state index in [0.717, 1.165) is 17.3 Å².